The van der Waals surface area contributed by atoms with Gasteiger partial charge in [0.05, 0.1) is 7.05 Å². The van der Waals surface area contributed by atoms with Crippen LogP contribution in [-0.2, 0) is 20.0 Å². The van der Waals surface area contributed by atoms with Gasteiger partial charge in [0, 0.05) is 6.42 Å². The average molecular weight is 339 g/mol. The average Bonchev–Trinajstić information content (AvgIpc) is 2.87. The third kappa shape index (κ3) is 3.85. The Kier molecular flexibility index (Phi) is 5.39. The molecule has 0 saturated heterocycles. The molecule has 25 heavy (non-hydrogen) atoms. The Morgan fingerprint density at radius 2 is 1.96 bits per heavy atom. The molecule has 132 valence electrons. The number of aromatic nitrogens is 2. The van der Waals surface area contributed by atoms with Crippen LogP contribution in [0.3, 0.4) is 0 Å². The van der Waals surface area contributed by atoms with Crippen LogP contribution in [0.4, 0.5) is 0 Å². The Morgan fingerprint density at radius 3 is 2.72 bits per heavy atom. The zero-order valence-corrected chi connectivity index (χ0v) is 15.3. The van der Waals surface area contributed by atoms with Crippen LogP contribution in [0.1, 0.15) is 24.7 Å². The number of aryl methyl sites for hydroxylation is 2. The zero-order chi connectivity index (χ0) is 17.8. The summed E-state index contributed by atoms with van der Waals surface area (Å²) in [6, 6.07) is 16.3. The highest BCUT2D eigenvalue weighted by molar-refractivity contribution is 5.72. The molecule has 0 aliphatic carbocycles. The SMILES string of the molecule is CCCc1n(C[C@H](O)COc2cccc(C)c2)c2ccccc2[n+]1C. The molecular formula is C21H27N2O2+. The summed E-state index contributed by atoms with van der Waals surface area (Å²) >= 11 is 0. The molecular weight excluding hydrogens is 312 g/mol. The van der Waals surface area contributed by atoms with Gasteiger partial charge in [-0.1, -0.05) is 31.2 Å². The van der Waals surface area contributed by atoms with Crippen molar-refractivity contribution in [1.29, 1.82) is 0 Å². The predicted octanol–water partition coefficient (Wildman–Crippen LogP) is 3.17. The minimum absolute atomic E-state index is 0.283. The summed E-state index contributed by atoms with van der Waals surface area (Å²) in [5, 5.41) is 10.5. The number of ether oxygens (including phenoxy) is 1. The molecule has 0 unspecified atom stereocenters. The monoisotopic (exact) mass is 339 g/mol. The molecule has 2 aromatic carbocycles. The van der Waals surface area contributed by atoms with Gasteiger partial charge in [-0.25, -0.2) is 9.13 Å². The summed E-state index contributed by atoms with van der Waals surface area (Å²) in [5.74, 6) is 2.04. The van der Waals surface area contributed by atoms with E-state index >= 15 is 0 Å². The van der Waals surface area contributed by atoms with E-state index in [0.29, 0.717) is 6.54 Å². The number of hydrogen-bond donors (Lipinski definition) is 1. The third-order valence-corrected chi connectivity index (χ3v) is 4.53. The van der Waals surface area contributed by atoms with Crippen LogP contribution < -0.4 is 9.30 Å². The number of aliphatic hydroxyl groups excluding tert-OH is 1. The molecule has 3 rings (SSSR count). The molecule has 0 bridgehead atoms. The van der Waals surface area contributed by atoms with Crippen molar-refractivity contribution in [2.24, 2.45) is 7.05 Å². The molecule has 0 radical (unpaired) electrons. The predicted molar refractivity (Wildman–Crippen MR) is 99.8 cm³/mol. The summed E-state index contributed by atoms with van der Waals surface area (Å²) in [6.45, 7) is 5.03. The van der Waals surface area contributed by atoms with Crippen molar-refractivity contribution in [3.63, 3.8) is 0 Å². The number of benzene rings is 2. The number of imidazole rings is 1. The standard InChI is InChI=1S/C21H27N2O2/c1-4-8-21-22(3)19-11-5-6-12-20(19)23(21)14-17(24)15-25-18-10-7-9-16(2)13-18/h5-7,9-13,17,24H,4,8,14-15H2,1-3H3/q+1/t17-/m0/s1. The molecule has 4 nitrogen and oxygen atoms in total. The molecule has 1 aromatic heterocycles. The van der Waals surface area contributed by atoms with Gasteiger partial charge in [-0.3, -0.25) is 0 Å². The first-order valence-electron chi connectivity index (χ1n) is 8.93. The second-order valence-corrected chi connectivity index (χ2v) is 6.61. The second-order valence-electron chi connectivity index (χ2n) is 6.61. The van der Waals surface area contributed by atoms with E-state index < -0.39 is 6.10 Å². The van der Waals surface area contributed by atoms with Crippen LogP contribution in [-0.4, -0.2) is 22.4 Å². The number of aliphatic hydroxyl groups is 1. The van der Waals surface area contributed by atoms with Crippen molar-refractivity contribution >= 4 is 11.0 Å². The molecule has 0 aliphatic rings. The summed E-state index contributed by atoms with van der Waals surface area (Å²) in [5.41, 5.74) is 3.50. The summed E-state index contributed by atoms with van der Waals surface area (Å²) < 4.78 is 10.2. The fourth-order valence-corrected chi connectivity index (χ4v) is 3.33. The van der Waals surface area contributed by atoms with E-state index in [1.54, 1.807) is 0 Å². The van der Waals surface area contributed by atoms with Crippen molar-refractivity contribution in [3.8, 4) is 5.75 Å². The zero-order valence-electron chi connectivity index (χ0n) is 15.3. The lowest BCUT2D eigenvalue weighted by Gasteiger charge is -2.12. The van der Waals surface area contributed by atoms with Crippen molar-refractivity contribution in [3.05, 3.63) is 59.9 Å². The molecule has 0 saturated carbocycles. The Labute approximate surface area is 149 Å². The number of hydrogen-bond acceptors (Lipinski definition) is 2. The molecule has 1 heterocycles. The van der Waals surface area contributed by atoms with Crippen molar-refractivity contribution in [2.75, 3.05) is 6.61 Å². The maximum absolute atomic E-state index is 10.5. The Balaban J connectivity index is 1.78. The fourth-order valence-electron chi connectivity index (χ4n) is 3.33. The fraction of sp³-hybridized carbons (Fsp3) is 0.381. The van der Waals surface area contributed by atoms with E-state index in [1.165, 1.54) is 11.3 Å². The molecule has 0 fully saturated rings. The smallest absolute Gasteiger partial charge is 0.257 e. The molecule has 3 aromatic rings. The van der Waals surface area contributed by atoms with Gasteiger partial charge >= 0.3 is 0 Å². The minimum Gasteiger partial charge on any atom is -0.491 e. The highest BCUT2D eigenvalue weighted by Gasteiger charge is 2.23. The molecule has 0 spiro atoms. The van der Waals surface area contributed by atoms with Gasteiger partial charge in [0.1, 0.15) is 25.0 Å². The van der Waals surface area contributed by atoms with Gasteiger partial charge in [0.25, 0.3) is 5.82 Å². The number of para-hydroxylation sites is 2. The van der Waals surface area contributed by atoms with Crippen molar-refractivity contribution in [2.45, 2.75) is 39.3 Å². The lowest BCUT2D eigenvalue weighted by atomic mass is 10.2. The van der Waals surface area contributed by atoms with Crippen LogP contribution in [0.25, 0.3) is 11.0 Å². The van der Waals surface area contributed by atoms with Gasteiger partial charge in [0.15, 0.2) is 11.0 Å². The topological polar surface area (TPSA) is 38.3 Å². The lowest BCUT2D eigenvalue weighted by Crippen LogP contribution is -2.34. The summed E-state index contributed by atoms with van der Waals surface area (Å²) in [7, 11) is 2.10. The first-order valence-corrected chi connectivity index (χ1v) is 8.93. The molecule has 0 aliphatic heterocycles. The number of fused-ring (bicyclic) bond motifs is 1. The third-order valence-electron chi connectivity index (χ3n) is 4.53. The first-order chi connectivity index (χ1) is 12.1. The Morgan fingerprint density at radius 1 is 1.16 bits per heavy atom. The van der Waals surface area contributed by atoms with Gasteiger partial charge in [-0.05, 0) is 43.2 Å². The van der Waals surface area contributed by atoms with E-state index in [4.69, 9.17) is 4.74 Å². The van der Waals surface area contributed by atoms with E-state index in [9.17, 15) is 5.11 Å². The largest absolute Gasteiger partial charge is 0.491 e. The second kappa shape index (κ2) is 7.70. The van der Waals surface area contributed by atoms with Gasteiger partial charge in [0.2, 0.25) is 0 Å². The number of rotatable bonds is 7. The molecule has 1 atom stereocenters. The maximum Gasteiger partial charge on any atom is 0.257 e. The number of nitrogens with zero attached hydrogens (tertiary/aromatic N) is 2. The first kappa shape index (κ1) is 17.5. The van der Waals surface area contributed by atoms with Crippen LogP contribution >= 0.6 is 0 Å². The van der Waals surface area contributed by atoms with Crippen LogP contribution in [0.5, 0.6) is 5.75 Å². The van der Waals surface area contributed by atoms with Gasteiger partial charge in [-0.15, -0.1) is 0 Å². The Hall–Kier alpha value is -2.33. The van der Waals surface area contributed by atoms with Crippen LogP contribution in [0.15, 0.2) is 48.5 Å². The van der Waals surface area contributed by atoms with E-state index in [0.717, 1.165) is 29.7 Å². The van der Waals surface area contributed by atoms with Gasteiger partial charge < -0.3 is 9.84 Å². The molecule has 1 N–H and O–H groups in total. The molecule has 0 amide bonds. The van der Waals surface area contributed by atoms with Gasteiger partial charge in [-0.2, -0.15) is 0 Å². The quantitative estimate of drug-likeness (QED) is 0.672. The normalized spacial score (nSPS) is 12.5. The highest BCUT2D eigenvalue weighted by atomic mass is 16.5. The summed E-state index contributed by atoms with van der Waals surface area (Å²) in [4.78, 5) is 0. The highest BCUT2D eigenvalue weighted by Crippen LogP contribution is 2.17. The van der Waals surface area contributed by atoms with Crippen LogP contribution in [0, 0.1) is 6.92 Å². The molecule has 4 heteroatoms. The summed E-state index contributed by atoms with van der Waals surface area (Å²) in [6.07, 6.45) is 1.49. The Bertz CT molecular complexity index is 854. The lowest BCUT2D eigenvalue weighted by molar-refractivity contribution is -0.654. The van der Waals surface area contributed by atoms with E-state index in [-0.39, 0.29) is 6.61 Å². The van der Waals surface area contributed by atoms with E-state index in [1.807, 2.05) is 37.3 Å². The maximum atomic E-state index is 10.5. The van der Waals surface area contributed by atoms with Crippen LogP contribution in [0.2, 0.25) is 0 Å². The minimum atomic E-state index is -0.563. The van der Waals surface area contributed by atoms with Crippen molar-refractivity contribution < 1.29 is 14.4 Å². The van der Waals surface area contributed by atoms with E-state index in [2.05, 4.69) is 41.3 Å². The van der Waals surface area contributed by atoms with Crippen molar-refractivity contribution in [1.82, 2.24) is 4.57 Å².